The monoisotopic (exact) mass is 453 g/mol. The molecule has 8 nitrogen and oxygen atoms in total. The first-order valence-electron chi connectivity index (χ1n) is 11.3. The van der Waals surface area contributed by atoms with Gasteiger partial charge in [0.05, 0.1) is 36.0 Å². The maximum atomic E-state index is 13.5. The summed E-state index contributed by atoms with van der Waals surface area (Å²) in [5.74, 6) is 0.748. The van der Waals surface area contributed by atoms with Crippen LogP contribution in [0, 0.1) is 0 Å². The van der Waals surface area contributed by atoms with Crippen LogP contribution in [0.15, 0.2) is 78.2 Å². The molecule has 1 fully saturated rings. The summed E-state index contributed by atoms with van der Waals surface area (Å²) in [5, 5.41) is 17.2. The van der Waals surface area contributed by atoms with E-state index in [0.717, 1.165) is 27.7 Å². The highest BCUT2D eigenvalue weighted by Crippen LogP contribution is 2.28. The zero-order valence-electron chi connectivity index (χ0n) is 18.4. The molecule has 0 unspecified atom stereocenters. The summed E-state index contributed by atoms with van der Waals surface area (Å²) in [6, 6.07) is 15.3. The number of hydrogen-bond acceptors (Lipinski definition) is 6. The molecule has 0 bridgehead atoms. The first-order chi connectivity index (χ1) is 16.7. The van der Waals surface area contributed by atoms with Crippen LogP contribution in [-0.2, 0) is 11.2 Å². The van der Waals surface area contributed by atoms with Crippen LogP contribution in [0.25, 0.3) is 27.5 Å². The molecule has 0 aliphatic carbocycles. The molecule has 1 N–H and O–H groups in total. The minimum atomic E-state index is -0.634. The lowest BCUT2D eigenvalue weighted by atomic mass is 9.96. The fourth-order valence-corrected chi connectivity index (χ4v) is 4.69. The molecule has 0 spiro atoms. The molecule has 3 aromatic heterocycles. The van der Waals surface area contributed by atoms with Gasteiger partial charge in [0.2, 0.25) is 0 Å². The van der Waals surface area contributed by atoms with Gasteiger partial charge in [0.1, 0.15) is 0 Å². The Bertz CT molecular complexity index is 1530. The van der Waals surface area contributed by atoms with Crippen LogP contribution in [0.5, 0.6) is 0 Å². The summed E-state index contributed by atoms with van der Waals surface area (Å²) < 4.78 is 8.76. The molecule has 0 amide bonds. The van der Waals surface area contributed by atoms with Crippen molar-refractivity contribution in [3.8, 4) is 5.82 Å². The number of aliphatic hydroxyl groups is 1. The van der Waals surface area contributed by atoms with Crippen molar-refractivity contribution in [1.82, 2.24) is 24.3 Å². The first kappa shape index (κ1) is 20.7. The molecule has 34 heavy (non-hydrogen) atoms. The number of nitrogens with zero attached hydrogens (tertiary/aromatic N) is 5. The third kappa shape index (κ3) is 3.57. The third-order valence-corrected chi connectivity index (χ3v) is 6.47. The number of ether oxygens (including phenoxy) is 1. The predicted octanol–water partition coefficient (Wildman–Crippen LogP) is 3.04. The molecular weight excluding hydrogens is 430 g/mol. The van der Waals surface area contributed by atoms with E-state index in [9.17, 15) is 9.90 Å². The van der Waals surface area contributed by atoms with Gasteiger partial charge in [0, 0.05) is 30.6 Å². The van der Waals surface area contributed by atoms with Crippen molar-refractivity contribution >= 4 is 21.7 Å². The van der Waals surface area contributed by atoms with E-state index in [1.807, 2.05) is 54.9 Å². The normalized spacial score (nSPS) is 18.5. The number of rotatable bonds is 4. The van der Waals surface area contributed by atoms with E-state index < -0.39 is 12.1 Å². The van der Waals surface area contributed by atoms with Crippen LogP contribution < -0.4 is 5.56 Å². The molecule has 0 saturated carbocycles. The zero-order chi connectivity index (χ0) is 23.1. The van der Waals surface area contributed by atoms with E-state index in [-0.39, 0.29) is 5.56 Å². The lowest BCUT2D eigenvalue weighted by Crippen LogP contribution is -2.39. The average molecular weight is 454 g/mol. The predicted molar refractivity (Wildman–Crippen MR) is 128 cm³/mol. The van der Waals surface area contributed by atoms with Crippen LogP contribution in [0.3, 0.4) is 0 Å². The van der Waals surface area contributed by atoms with Crippen LogP contribution in [0.4, 0.5) is 0 Å². The van der Waals surface area contributed by atoms with Gasteiger partial charge >= 0.3 is 0 Å². The van der Waals surface area contributed by atoms with Crippen molar-refractivity contribution in [3.63, 3.8) is 0 Å². The number of aliphatic hydroxyl groups excluding tert-OH is 1. The molecule has 1 aliphatic heterocycles. The lowest BCUT2D eigenvalue weighted by molar-refractivity contribution is -0.0303. The fraction of sp³-hybridized carbons (Fsp3) is 0.231. The maximum Gasteiger partial charge on any atom is 0.261 e. The Morgan fingerprint density at radius 3 is 2.71 bits per heavy atom. The third-order valence-electron chi connectivity index (χ3n) is 6.47. The fourth-order valence-electron chi connectivity index (χ4n) is 4.69. The van der Waals surface area contributed by atoms with Crippen molar-refractivity contribution < 1.29 is 9.84 Å². The van der Waals surface area contributed by atoms with E-state index in [1.54, 1.807) is 10.9 Å². The largest absolute Gasteiger partial charge is 0.391 e. The van der Waals surface area contributed by atoms with Crippen LogP contribution in [-0.4, -0.2) is 48.7 Å². The molecule has 5 aromatic rings. The SMILES string of the molecule is O=c1c2cc(Cc3ccc(-n4cccn4)nc3)c3ccccc3c2ncn1[C@H]1COCC[C@@H]1O. The van der Waals surface area contributed by atoms with Crippen LogP contribution >= 0.6 is 0 Å². The van der Waals surface area contributed by atoms with Gasteiger partial charge in [0.25, 0.3) is 5.56 Å². The van der Waals surface area contributed by atoms with Gasteiger partial charge in [0.15, 0.2) is 5.82 Å². The van der Waals surface area contributed by atoms with Crippen LogP contribution in [0.2, 0.25) is 0 Å². The smallest absolute Gasteiger partial charge is 0.261 e. The van der Waals surface area contributed by atoms with Gasteiger partial charge < -0.3 is 9.84 Å². The molecule has 2 atom stereocenters. The Kier molecular flexibility index (Phi) is 5.16. The summed E-state index contributed by atoms with van der Waals surface area (Å²) in [7, 11) is 0. The molecule has 8 heteroatoms. The number of hydrogen-bond donors (Lipinski definition) is 1. The zero-order valence-corrected chi connectivity index (χ0v) is 18.4. The molecule has 6 rings (SSSR count). The van der Waals surface area contributed by atoms with Gasteiger partial charge in [-0.2, -0.15) is 5.10 Å². The molecule has 1 saturated heterocycles. The number of benzene rings is 2. The van der Waals surface area contributed by atoms with Crippen molar-refractivity contribution in [2.75, 3.05) is 13.2 Å². The highest BCUT2D eigenvalue weighted by atomic mass is 16.5. The van der Waals surface area contributed by atoms with Gasteiger partial charge in [-0.1, -0.05) is 30.3 Å². The van der Waals surface area contributed by atoms with Gasteiger partial charge in [-0.25, -0.2) is 14.6 Å². The summed E-state index contributed by atoms with van der Waals surface area (Å²) in [6.07, 6.45) is 7.43. The van der Waals surface area contributed by atoms with E-state index in [4.69, 9.17) is 4.74 Å². The molecule has 1 aliphatic rings. The van der Waals surface area contributed by atoms with Gasteiger partial charge in [-0.3, -0.25) is 9.36 Å². The Hall–Kier alpha value is -3.88. The summed E-state index contributed by atoms with van der Waals surface area (Å²) in [5.41, 5.74) is 2.55. The second-order valence-corrected chi connectivity index (χ2v) is 8.58. The van der Waals surface area contributed by atoms with E-state index in [0.29, 0.717) is 37.0 Å². The van der Waals surface area contributed by atoms with E-state index in [1.165, 1.54) is 10.9 Å². The summed E-state index contributed by atoms with van der Waals surface area (Å²) in [6.45, 7) is 0.790. The number of pyridine rings is 1. The average Bonchev–Trinajstić information content (AvgIpc) is 3.41. The number of fused-ring (bicyclic) bond motifs is 3. The van der Waals surface area contributed by atoms with Crippen molar-refractivity contribution in [2.24, 2.45) is 0 Å². The van der Waals surface area contributed by atoms with Crippen molar-refractivity contribution in [1.29, 1.82) is 0 Å². The van der Waals surface area contributed by atoms with E-state index >= 15 is 0 Å². The minimum absolute atomic E-state index is 0.168. The highest BCUT2D eigenvalue weighted by molar-refractivity contribution is 6.06. The second kappa shape index (κ2) is 8.48. The van der Waals surface area contributed by atoms with Crippen molar-refractivity contribution in [3.05, 3.63) is 94.9 Å². The lowest BCUT2D eigenvalue weighted by Gasteiger charge is -2.29. The summed E-state index contributed by atoms with van der Waals surface area (Å²) >= 11 is 0. The molecule has 170 valence electrons. The first-order valence-corrected chi connectivity index (χ1v) is 11.3. The van der Waals surface area contributed by atoms with Gasteiger partial charge in [-0.15, -0.1) is 0 Å². The maximum absolute atomic E-state index is 13.5. The standard InChI is InChI=1S/C26H23N5O3/c32-23-8-11-34-15-22(23)30-16-28-25-20-5-2-1-4-19(20)18(13-21(25)26(30)33)12-17-6-7-24(27-14-17)31-10-3-9-29-31/h1-7,9-10,13-14,16,22-23,32H,8,11-12,15H2/t22-,23-/m0/s1. The second-order valence-electron chi connectivity index (χ2n) is 8.58. The number of aromatic nitrogens is 5. The topological polar surface area (TPSA) is 95.1 Å². The quantitative estimate of drug-likeness (QED) is 0.420. The van der Waals surface area contributed by atoms with Crippen molar-refractivity contribution in [2.45, 2.75) is 25.0 Å². The van der Waals surface area contributed by atoms with Crippen LogP contribution in [0.1, 0.15) is 23.6 Å². The molecule has 2 aromatic carbocycles. The molecule has 4 heterocycles. The molecule has 0 radical (unpaired) electrons. The Morgan fingerprint density at radius 1 is 1.06 bits per heavy atom. The Balaban J connectivity index is 1.45. The minimum Gasteiger partial charge on any atom is -0.391 e. The Morgan fingerprint density at radius 2 is 1.94 bits per heavy atom. The summed E-state index contributed by atoms with van der Waals surface area (Å²) in [4.78, 5) is 22.7. The van der Waals surface area contributed by atoms with E-state index in [2.05, 4.69) is 21.1 Å². The van der Waals surface area contributed by atoms with Gasteiger partial charge in [-0.05, 0) is 47.6 Å². The molecular formula is C26H23N5O3. The Labute approximate surface area is 195 Å². The highest BCUT2D eigenvalue weighted by Gasteiger charge is 2.27.